The molecule has 0 aliphatic rings. The van der Waals surface area contributed by atoms with Gasteiger partial charge in [0.25, 0.3) is 0 Å². The first-order chi connectivity index (χ1) is 14.2. The number of benzene rings is 2. The van der Waals surface area contributed by atoms with Crippen molar-refractivity contribution < 1.29 is 14.3 Å². The van der Waals surface area contributed by atoms with E-state index in [9.17, 15) is 4.79 Å². The monoisotopic (exact) mass is 412 g/mol. The van der Waals surface area contributed by atoms with E-state index < -0.39 is 0 Å². The van der Waals surface area contributed by atoms with Gasteiger partial charge >= 0.3 is 5.97 Å². The largest absolute Gasteiger partial charge is 0.494 e. The van der Waals surface area contributed by atoms with E-state index in [2.05, 4.69) is 0 Å². The lowest BCUT2D eigenvalue weighted by Crippen LogP contribution is -2.19. The standard InChI is InChI=1S/C23H28N2O3S/c1-3-18(2)28-22(26)17-25-21-14-8-7-13-20(21)24-23(25)29-16-10-9-15-27-19-11-5-4-6-12-19/h4-8,11-14,18H,3,9-10,15-17H2,1-2H3. The minimum absolute atomic E-state index is 0.0713. The molecule has 1 heterocycles. The first kappa shape index (κ1) is 21.2. The van der Waals surface area contributed by atoms with Crippen LogP contribution in [0.5, 0.6) is 5.75 Å². The number of imidazole rings is 1. The molecule has 0 aliphatic carbocycles. The summed E-state index contributed by atoms with van der Waals surface area (Å²) in [6, 6.07) is 17.8. The molecule has 0 aliphatic heterocycles. The zero-order chi connectivity index (χ0) is 20.5. The summed E-state index contributed by atoms with van der Waals surface area (Å²) in [6.45, 7) is 4.80. The van der Waals surface area contributed by atoms with Crippen LogP contribution >= 0.6 is 11.8 Å². The molecule has 2 aromatic carbocycles. The minimum atomic E-state index is -0.222. The third-order valence-electron chi connectivity index (χ3n) is 4.60. The van der Waals surface area contributed by atoms with Crippen LogP contribution in [0.4, 0.5) is 0 Å². The molecule has 0 amide bonds. The molecule has 0 saturated heterocycles. The second-order valence-electron chi connectivity index (χ2n) is 6.90. The van der Waals surface area contributed by atoms with Crippen LogP contribution in [0.2, 0.25) is 0 Å². The molecule has 0 fully saturated rings. The molecule has 3 rings (SSSR count). The summed E-state index contributed by atoms with van der Waals surface area (Å²) in [5, 5.41) is 0.858. The number of carbonyl (C=O) groups excluding carboxylic acids is 1. The zero-order valence-corrected chi connectivity index (χ0v) is 17.9. The number of thioether (sulfide) groups is 1. The summed E-state index contributed by atoms with van der Waals surface area (Å²) < 4.78 is 13.2. The lowest BCUT2D eigenvalue weighted by Gasteiger charge is -2.13. The summed E-state index contributed by atoms with van der Waals surface area (Å²) >= 11 is 1.67. The van der Waals surface area contributed by atoms with Crippen LogP contribution in [0, 0.1) is 0 Å². The Morgan fingerprint density at radius 2 is 1.86 bits per heavy atom. The Morgan fingerprint density at radius 1 is 1.10 bits per heavy atom. The normalized spacial score (nSPS) is 12.1. The maximum Gasteiger partial charge on any atom is 0.326 e. The maximum absolute atomic E-state index is 12.3. The van der Waals surface area contributed by atoms with Gasteiger partial charge in [-0.3, -0.25) is 4.79 Å². The molecule has 1 atom stereocenters. The number of hydrogen-bond donors (Lipinski definition) is 0. The molecule has 1 unspecified atom stereocenters. The molecule has 29 heavy (non-hydrogen) atoms. The van der Waals surface area contributed by atoms with E-state index in [0.29, 0.717) is 6.61 Å². The Bertz CT molecular complexity index is 911. The number of ether oxygens (including phenoxy) is 2. The Kier molecular flexibility index (Phi) is 7.99. The van der Waals surface area contributed by atoms with Gasteiger partial charge < -0.3 is 14.0 Å². The molecule has 1 aromatic heterocycles. The molecular weight excluding hydrogens is 384 g/mol. The number of hydrogen-bond acceptors (Lipinski definition) is 5. The van der Waals surface area contributed by atoms with Crippen LogP contribution in [0.15, 0.2) is 59.8 Å². The van der Waals surface area contributed by atoms with E-state index in [4.69, 9.17) is 14.5 Å². The second kappa shape index (κ2) is 10.9. The van der Waals surface area contributed by atoms with Crippen molar-refractivity contribution >= 4 is 28.8 Å². The van der Waals surface area contributed by atoms with Gasteiger partial charge in [-0.25, -0.2) is 4.98 Å². The Balaban J connectivity index is 1.54. The summed E-state index contributed by atoms with van der Waals surface area (Å²) in [6.07, 6.45) is 2.72. The molecular formula is C23H28N2O3S. The second-order valence-corrected chi connectivity index (χ2v) is 7.96. The maximum atomic E-state index is 12.3. The SMILES string of the molecule is CCC(C)OC(=O)Cn1c(SCCCCOc2ccccc2)nc2ccccc21. The number of esters is 1. The van der Waals surface area contributed by atoms with Crippen LogP contribution in [0.25, 0.3) is 11.0 Å². The van der Waals surface area contributed by atoms with Gasteiger partial charge in [-0.15, -0.1) is 0 Å². The molecule has 0 radical (unpaired) electrons. The number of aromatic nitrogens is 2. The van der Waals surface area contributed by atoms with Gasteiger partial charge in [0.1, 0.15) is 12.3 Å². The lowest BCUT2D eigenvalue weighted by molar-refractivity contribution is -0.149. The van der Waals surface area contributed by atoms with Gasteiger partial charge in [0.2, 0.25) is 0 Å². The summed E-state index contributed by atoms with van der Waals surface area (Å²) in [5.74, 6) is 1.60. The van der Waals surface area contributed by atoms with E-state index in [1.54, 1.807) is 11.8 Å². The zero-order valence-electron chi connectivity index (χ0n) is 17.0. The van der Waals surface area contributed by atoms with E-state index in [1.807, 2.05) is 73.0 Å². The molecule has 0 saturated carbocycles. The number of rotatable bonds is 11. The van der Waals surface area contributed by atoms with Gasteiger partial charge in [-0.2, -0.15) is 0 Å². The van der Waals surface area contributed by atoms with Crippen molar-refractivity contribution in [3.63, 3.8) is 0 Å². The van der Waals surface area contributed by atoms with Gasteiger partial charge in [0.05, 0.1) is 23.7 Å². The summed E-state index contributed by atoms with van der Waals surface area (Å²) in [7, 11) is 0. The third-order valence-corrected chi connectivity index (χ3v) is 5.66. The summed E-state index contributed by atoms with van der Waals surface area (Å²) in [5.41, 5.74) is 1.86. The number of para-hydroxylation sites is 3. The van der Waals surface area contributed by atoms with Gasteiger partial charge in [0, 0.05) is 5.75 Å². The first-order valence-electron chi connectivity index (χ1n) is 10.1. The highest BCUT2D eigenvalue weighted by Crippen LogP contribution is 2.25. The molecule has 0 N–H and O–H groups in total. The molecule has 6 heteroatoms. The molecule has 3 aromatic rings. The number of nitrogens with zero attached hydrogens (tertiary/aromatic N) is 2. The van der Waals surface area contributed by atoms with Gasteiger partial charge in [-0.05, 0) is 50.5 Å². The van der Waals surface area contributed by atoms with Crippen LogP contribution in [0.1, 0.15) is 33.1 Å². The van der Waals surface area contributed by atoms with Crippen molar-refractivity contribution in [3.05, 3.63) is 54.6 Å². The fourth-order valence-electron chi connectivity index (χ4n) is 2.86. The quantitative estimate of drug-likeness (QED) is 0.242. The Hall–Kier alpha value is -2.47. The number of fused-ring (bicyclic) bond motifs is 1. The van der Waals surface area contributed by atoms with Crippen LogP contribution in [0.3, 0.4) is 0 Å². The predicted octanol–water partition coefficient (Wildman–Crippen LogP) is 5.33. The highest BCUT2D eigenvalue weighted by atomic mass is 32.2. The summed E-state index contributed by atoms with van der Waals surface area (Å²) in [4.78, 5) is 17.0. The fraction of sp³-hybridized carbons (Fsp3) is 0.391. The Morgan fingerprint density at radius 3 is 2.66 bits per heavy atom. The minimum Gasteiger partial charge on any atom is -0.494 e. The molecule has 5 nitrogen and oxygen atoms in total. The Labute approximate surface area is 176 Å². The average molecular weight is 413 g/mol. The highest BCUT2D eigenvalue weighted by molar-refractivity contribution is 7.99. The first-order valence-corrected chi connectivity index (χ1v) is 11.1. The van der Waals surface area contributed by atoms with Gasteiger partial charge in [-0.1, -0.05) is 49.0 Å². The van der Waals surface area contributed by atoms with Crippen molar-refractivity contribution in [2.24, 2.45) is 0 Å². The molecule has 0 bridgehead atoms. The molecule has 0 spiro atoms. The predicted molar refractivity (Wildman–Crippen MR) is 117 cm³/mol. The van der Waals surface area contributed by atoms with Crippen molar-refractivity contribution in [2.45, 2.75) is 50.9 Å². The van der Waals surface area contributed by atoms with Crippen molar-refractivity contribution in [1.82, 2.24) is 9.55 Å². The van der Waals surface area contributed by atoms with Crippen molar-refractivity contribution in [2.75, 3.05) is 12.4 Å². The van der Waals surface area contributed by atoms with E-state index in [1.165, 1.54) is 0 Å². The van der Waals surface area contributed by atoms with Crippen molar-refractivity contribution in [3.8, 4) is 5.75 Å². The van der Waals surface area contributed by atoms with E-state index in [-0.39, 0.29) is 18.6 Å². The van der Waals surface area contributed by atoms with E-state index >= 15 is 0 Å². The van der Waals surface area contributed by atoms with E-state index in [0.717, 1.165) is 47.0 Å². The number of unbranched alkanes of at least 4 members (excludes halogenated alkanes) is 1. The smallest absolute Gasteiger partial charge is 0.326 e. The van der Waals surface area contributed by atoms with Crippen LogP contribution < -0.4 is 4.74 Å². The fourth-order valence-corrected chi connectivity index (χ4v) is 3.88. The average Bonchev–Trinajstić information content (AvgIpc) is 3.08. The lowest BCUT2D eigenvalue weighted by atomic mass is 10.3. The third kappa shape index (κ3) is 6.26. The topological polar surface area (TPSA) is 53.4 Å². The molecule has 154 valence electrons. The number of carbonyl (C=O) groups is 1. The van der Waals surface area contributed by atoms with Crippen LogP contribution in [-0.4, -0.2) is 34.0 Å². The van der Waals surface area contributed by atoms with Gasteiger partial charge in [0.15, 0.2) is 5.16 Å². The van der Waals surface area contributed by atoms with Crippen LogP contribution in [-0.2, 0) is 16.1 Å². The highest BCUT2D eigenvalue weighted by Gasteiger charge is 2.16. The van der Waals surface area contributed by atoms with Crippen molar-refractivity contribution in [1.29, 1.82) is 0 Å².